The van der Waals surface area contributed by atoms with Gasteiger partial charge in [-0.05, 0) is 23.8 Å². The number of imide groups is 1. The lowest BCUT2D eigenvalue weighted by molar-refractivity contribution is -0.118. The Morgan fingerprint density at radius 2 is 1.92 bits per heavy atom. The summed E-state index contributed by atoms with van der Waals surface area (Å²) in [6, 6.07) is 6.24. The van der Waals surface area contributed by atoms with E-state index in [4.69, 9.17) is 38.4 Å². The minimum absolute atomic E-state index is 0.0130. The van der Waals surface area contributed by atoms with Crippen molar-refractivity contribution in [1.29, 1.82) is 0 Å². The lowest BCUT2D eigenvalue weighted by Crippen LogP contribution is -2.37. The van der Waals surface area contributed by atoms with Crippen LogP contribution in [0, 0.1) is 0 Å². The fourth-order valence-corrected chi connectivity index (χ4v) is 2.31. The molecular formula is C15H13Cl2N3O5. The number of amides is 2. The molecule has 1 aromatic carbocycles. The number of ether oxygens (including phenoxy) is 2. The van der Waals surface area contributed by atoms with Crippen molar-refractivity contribution in [3.63, 3.8) is 0 Å². The summed E-state index contributed by atoms with van der Waals surface area (Å²) in [6.45, 7) is -0.338. The molecule has 0 aliphatic heterocycles. The maximum Gasteiger partial charge on any atom is 0.420 e. The first-order valence-corrected chi connectivity index (χ1v) is 7.62. The average molecular weight is 386 g/mol. The van der Waals surface area contributed by atoms with Crippen LogP contribution in [0.25, 0.3) is 0 Å². The van der Waals surface area contributed by atoms with Gasteiger partial charge in [-0.3, -0.25) is 10.1 Å². The summed E-state index contributed by atoms with van der Waals surface area (Å²) in [4.78, 5) is 26.2. The van der Waals surface area contributed by atoms with Gasteiger partial charge in [0.05, 0.1) is 6.54 Å². The minimum Gasteiger partial charge on any atom is -0.501 e. The first kappa shape index (κ1) is 18.8. The van der Waals surface area contributed by atoms with Crippen molar-refractivity contribution in [3.8, 4) is 17.4 Å². The molecule has 4 N–H and O–H groups in total. The molecule has 2 aromatic rings. The molecule has 0 radical (unpaired) electrons. The highest BCUT2D eigenvalue weighted by molar-refractivity contribution is 6.34. The third-order valence-electron chi connectivity index (χ3n) is 2.79. The Labute approximate surface area is 152 Å². The second kappa shape index (κ2) is 8.52. The van der Waals surface area contributed by atoms with Crippen LogP contribution in [-0.4, -0.2) is 28.6 Å². The summed E-state index contributed by atoms with van der Waals surface area (Å²) in [6.07, 6.45) is 0.130. The molecule has 0 aliphatic carbocycles. The Bertz CT molecular complexity index is 780. The van der Waals surface area contributed by atoms with Crippen molar-refractivity contribution in [2.75, 3.05) is 6.54 Å². The van der Waals surface area contributed by atoms with Crippen molar-refractivity contribution in [2.45, 2.75) is 6.61 Å². The number of aromatic hydroxyl groups is 1. The number of benzene rings is 1. The number of rotatable bonds is 5. The molecule has 0 spiro atoms. The van der Waals surface area contributed by atoms with E-state index in [0.717, 1.165) is 0 Å². The van der Waals surface area contributed by atoms with Gasteiger partial charge in [-0.15, -0.1) is 0 Å². The van der Waals surface area contributed by atoms with E-state index in [1.807, 2.05) is 5.32 Å². The summed E-state index contributed by atoms with van der Waals surface area (Å²) >= 11 is 11.8. The normalized spacial score (nSPS) is 10.2. The maximum absolute atomic E-state index is 11.5. The van der Waals surface area contributed by atoms with Crippen LogP contribution in [0.5, 0.6) is 17.4 Å². The second-order valence-corrected chi connectivity index (χ2v) is 5.54. The zero-order chi connectivity index (χ0) is 18.4. The number of nitrogens with zero attached hydrogens (tertiary/aromatic N) is 1. The van der Waals surface area contributed by atoms with Crippen LogP contribution in [0.4, 0.5) is 4.79 Å². The van der Waals surface area contributed by atoms with E-state index in [9.17, 15) is 14.7 Å². The van der Waals surface area contributed by atoms with E-state index in [1.54, 1.807) is 18.2 Å². The van der Waals surface area contributed by atoms with Crippen LogP contribution in [0.2, 0.25) is 10.0 Å². The van der Waals surface area contributed by atoms with Crippen LogP contribution in [0.3, 0.4) is 0 Å². The van der Waals surface area contributed by atoms with Gasteiger partial charge >= 0.3 is 6.09 Å². The molecule has 8 nitrogen and oxygen atoms in total. The summed E-state index contributed by atoms with van der Waals surface area (Å²) in [5.41, 5.74) is 5.73. The molecule has 2 amide bonds. The minimum atomic E-state index is -1.13. The Hall–Kier alpha value is -2.55. The van der Waals surface area contributed by atoms with E-state index in [0.29, 0.717) is 15.6 Å². The van der Waals surface area contributed by atoms with E-state index >= 15 is 0 Å². The third-order valence-corrected chi connectivity index (χ3v) is 3.22. The molecule has 2 rings (SSSR count). The Morgan fingerprint density at radius 1 is 1.24 bits per heavy atom. The van der Waals surface area contributed by atoms with Gasteiger partial charge in [-0.2, -0.15) is 0 Å². The third kappa shape index (κ3) is 5.49. The number of pyridine rings is 1. The van der Waals surface area contributed by atoms with Crippen molar-refractivity contribution >= 4 is 35.2 Å². The Morgan fingerprint density at radius 3 is 2.56 bits per heavy atom. The maximum atomic E-state index is 11.5. The van der Waals surface area contributed by atoms with Crippen LogP contribution in [-0.2, 0) is 11.4 Å². The van der Waals surface area contributed by atoms with Crippen LogP contribution >= 0.6 is 23.2 Å². The average Bonchev–Trinajstić information content (AvgIpc) is 2.54. The number of nitrogens with two attached hydrogens (primary N) is 1. The number of aromatic nitrogens is 1. The first-order chi connectivity index (χ1) is 11.9. The summed E-state index contributed by atoms with van der Waals surface area (Å²) < 4.78 is 10.2. The molecule has 0 saturated carbocycles. The molecule has 10 heteroatoms. The van der Waals surface area contributed by atoms with Gasteiger partial charge in [-0.25, -0.2) is 9.78 Å². The zero-order valence-electron chi connectivity index (χ0n) is 12.7. The predicted molar refractivity (Wildman–Crippen MR) is 89.9 cm³/mol. The van der Waals surface area contributed by atoms with Gasteiger partial charge in [0.25, 0.3) is 5.88 Å². The van der Waals surface area contributed by atoms with E-state index < -0.39 is 23.6 Å². The standard InChI is InChI=1S/C15H13Cl2N3O5/c16-9-3-8(4-10(17)5-9)7-24-11-1-2-19-14(13(11)22)25-15(23)20-12(21)6-18/h1-5,22H,6-7,18H2,(H,20,21,23). The van der Waals surface area contributed by atoms with E-state index in [2.05, 4.69) is 4.98 Å². The molecule has 1 aromatic heterocycles. The molecule has 0 bridgehead atoms. The number of halogens is 2. The number of carbonyl (C=O) groups excluding carboxylic acids is 2. The van der Waals surface area contributed by atoms with Crippen molar-refractivity contribution in [2.24, 2.45) is 5.73 Å². The van der Waals surface area contributed by atoms with Gasteiger partial charge in [0.1, 0.15) is 6.61 Å². The Kier molecular flexibility index (Phi) is 6.40. The van der Waals surface area contributed by atoms with Crippen LogP contribution in [0.15, 0.2) is 30.5 Å². The van der Waals surface area contributed by atoms with Gasteiger partial charge in [0.15, 0.2) is 5.75 Å². The van der Waals surface area contributed by atoms with E-state index in [-0.39, 0.29) is 18.9 Å². The van der Waals surface area contributed by atoms with E-state index in [1.165, 1.54) is 12.3 Å². The predicted octanol–water partition coefficient (Wildman–Crippen LogP) is 2.25. The topological polar surface area (TPSA) is 124 Å². The number of hydrogen-bond donors (Lipinski definition) is 3. The Balaban J connectivity index is 2.07. The smallest absolute Gasteiger partial charge is 0.420 e. The van der Waals surface area contributed by atoms with Gasteiger partial charge < -0.3 is 20.3 Å². The fraction of sp³-hybridized carbons (Fsp3) is 0.133. The lowest BCUT2D eigenvalue weighted by Gasteiger charge is -2.11. The second-order valence-electron chi connectivity index (χ2n) is 4.67. The highest BCUT2D eigenvalue weighted by atomic mass is 35.5. The quantitative estimate of drug-likeness (QED) is 0.720. The monoisotopic (exact) mass is 385 g/mol. The number of hydrogen-bond acceptors (Lipinski definition) is 7. The fourth-order valence-electron chi connectivity index (χ4n) is 1.74. The zero-order valence-corrected chi connectivity index (χ0v) is 14.2. The highest BCUT2D eigenvalue weighted by Gasteiger charge is 2.16. The van der Waals surface area contributed by atoms with Gasteiger partial charge in [-0.1, -0.05) is 23.2 Å². The van der Waals surface area contributed by atoms with Gasteiger partial charge in [0.2, 0.25) is 11.7 Å². The molecule has 132 valence electrons. The molecule has 1 heterocycles. The molecule has 0 unspecified atom stereocenters. The summed E-state index contributed by atoms with van der Waals surface area (Å²) in [5, 5.41) is 12.8. The summed E-state index contributed by atoms with van der Waals surface area (Å²) in [7, 11) is 0. The number of nitrogens with one attached hydrogen (secondary N) is 1. The number of carbonyl (C=O) groups is 2. The molecule has 0 atom stereocenters. The van der Waals surface area contributed by atoms with Crippen molar-refractivity contribution in [3.05, 3.63) is 46.1 Å². The summed E-state index contributed by atoms with van der Waals surface area (Å²) in [5.74, 6) is -1.66. The SMILES string of the molecule is NCC(=O)NC(=O)Oc1nccc(OCc2cc(Cl)cc(Cl)c2)c1O. The largest absolute Gasteiger partial charge is 0.501 e. The van der Waals surface area contributed by atoms with Crippen LogP contribution in [0.1, 0.15) is 5.56 Å². The molecule has 0 aliphatic rings. The molecule has 25 heavy (non-hydrogen) atoms. The highest BCUT2D eigenvalue weighted by Crippen LogP contribution is 2.34. The molecular weight excluding hydrogens is 373 g/mol. The lowest BCUT2D eigenvalue weighted by atomic mass is 10.2. The van der Waals surface area contributed by atoms with Gasteiger partial charge in [0, 0.05) is 22.3 Å². The molecule has 0 fully saturated rings. The first-order valence-electron chi connectivity index (χ1n) is 6.86. The van der Waals surface area contributed by atoms with Crippen LogP contribution < -0.4 is 20.5 Å². The van der Waals surface area contributed by atoms with Crippen molar-refractivity contribution in [1.82, 2.24) is 10.3 Å². The van der Waals surface area contributed by atoms with Crippen molar-refractivity contribution < 1.29 is 24.2 Å². The molecule has 0 saturated heterocycles.